The van der Waals surface area contributed by atoms with Crippen molar-refractivity contribution in [3.63, 3.8) is 0 Å². The van der Waals surface area contributed by atoms with E-state index in [2.05, 4.69) is 10.5 Å². The van der Waals surface area contributed by atoms with Crippen LogP contribution in [0.5, 0.6) is 0 Å². The van der Waals surface area contributed by atoms with Crippen LogP contribution in [0.25, 0.3) is 0 Å². The second kappa shape index (κ2) is 6.45. The molecule has 0 saturated carbocycles. The van der Waals surface area contributed by atoms with Gasteiger partial charge in [0.1, 0.15) is 11.8 Å². The predicted molar refractivity (Wildman–Crippen MR) is 90.9 cm³/mol. The Bertz CT molecular complexity index is 864. The second-order valence-corrected chi connectivity index (χ2v) is 7.64. The lowest BCUT2D eigenvalue weighted by Crippen LogP contribution is -2.36. The summed E-state index contributed by atoms with van der Waals surface area (Å²) < 4.78 is 25.5. The third-order valence-corrected chi connectivity index (χ3v) is 5.82. The summed E-state index contributed by atoms with van der Waals surface area (Å²) in [5.41, 5.74) is 8.89. The minimum absolute atomic E-state index is 0.108. The molecule has 0 fully saturated rings. The number of nitrogens with zero attached hydrogens (tertiary/aromatic N) is 1. The highest BCUT2D eigenvalue weighted by atomic mass is 32.2. The fourth-order valence-corrected chi connectivity index (χ4v) is 4.45. The average Bonchev–Trinajstić information content (AvgIpc) is 2.93. The van der Waals surface area contributed by atoms with Crippen LogP contribution < -0.4 is 11.2 Å². The van der Waals surface area contributed by atoms with Crippen molar-refractivity contribution < 1.29 is 13.2 Å². The summed E-state index contributed by atoms with van der Waals surface area (Å²) in [7, 11) is -3.58. The van der Waals surface area contributed by atoms with Crippen LogP contribution in [0.3, 0.4) is 0 Å². The molecule has 3 N–H and O–H groups in total. The number of hydrogen-bond donors (Lipinski definition) is 2. The molecule has 0 aliphatic carbocycles. The van der Waals surface area contributed by atoms with Crippen molar-refractivity contribution in [3.8, 4) is 0 Å². The molecule has 0 spiro atoms. The van der Waals surface area contributed by atoms with Crippen LogP contribution in [0.4, 0.5) is 0 Å². The highest BCUT2D eigenvalue weighted by Crippen LogP contribution is 2.30. The van der Waals surface area contributed by atoms with Crippen LogP contribution in [-0.4, -0.2) is 25.9 Å². The lowest BCUT2D eigenvalue weighted by atomic mass is 9.86. The van der Waals surface area contributed by atoms with Crippen LogP contribution in [0.1, 0.15) is 11.5 Å². The lowest BCUT2D eigenvalue weighted by Gasteiger charge is -2.22. The van der Waals surface area contributed by atoms with Gasteiger partial charge in [-0.1, -0.05) is 48.5 Å². The largest absolute Gasteiger partial charge is 0.385 e. The molecule has 0 saturated heterocycles. The summed E-state index contributed by atoms with van der Waals surface area (Å²) in [5, 5.41) is 3.75. The molecule has 1 aliphatic heterocycles. The summed E-state index contributed by atoms with van der Waals surface area (Å²) in [5.74, 6) is -1.91. The fourth-order valence-electron chi connectivity index (χ4n) is 2.83. The van der Waals surface area contributed by atoms with Gasteiger partial charge in [-0.15, -0.1) is 0 Å². The van der Waals surface area contributed by atoms with Gasteiger partial charge in [0.25, 0.3) is 5.91 Å². The Balaban J connectivity index is 2.00. The van der Waals surface area contributed by atoms with E-state index in [4.69, 9.17) is 5.73 Å². The smallest absolute Gasteiger partial charge is 0.251 e. The highest BCUT2D eigenvalue weighted by molar-refractivity contribution is 7.91. The van der Waals surface area contributed by atoms with Gasteiger partial charge >= 0.3 is 0 Å². The predicted octanol–water partition coefficient (Wildman–Crippen LogP) is 1.26. The zero-order valence-electron chi connectivity index (χ0n) is 12.8. The number of hydrazone groups is 1. The summed E-state index contributed by atoms with van der Waals surface area (Å²) >= 11 is 0. The van der Waals surface area contributed by atoms with E-state index in [1.165, 1.54) is 0 Å². The Labute approximate surface area is 140 Å². The minimum Gasteiger partial charge on any atom is -0.385 e. The molecule has 0 radical (unpaired) electrons. The van der Waals surface area contributed by atoms with E-state index in [1.807, 2.05) is 6.07 Å². The second-order valence-electron chi connectivity index (χ2n) is 5.60. The maximum Gasteiger partial charge on any atom is 0.251 e. The van der Waals surface area contributed by atoms with Crippen molar-refractivity contribution in [1.82, 2.24) is 5.43 Å². The Morgan fingerprint density at radius 1 is 1.04 bits per heavy atom. The van der Waals surface area contributed by atoms with Gasteiger partial charge in [-0.05, 0) is 17.7 Å². The number of hydrogen-bond acceptors (Lipinski definition) is 5. The molecule has 7 heteroatoms. The molecule has 1 amide bonds. The molecule has 2 aromatic carbocycles. The van der Waals surface area contributed by atoms with Gasteiger partial charge in [0.2, 0.25) is 0 Å². The van der Waals surface area contributed by atoms with Gasteiger partial charge in [-0.2, -0.15) is 5.10 Å². The van der Waals surface area contributed by atoms with Crippen LogP contribution in [0.2, 0.25) is 0 Å². The normalized spacial score (nSPS) is 18.8. The Hall–Kier alpha value is -2.67. The maximum absolute atomic E-state index is 12.8. The first kappa shape index (κ1) is 16.2. The van der Waals surface area contributed by atoms with Crippen molar-refractivity contribution in [2.24, 2.45) is 16.8 Å². The Morgan fingerprint density at radius 3 is 2.17 bits per heavy atom. The number of rotatable bonds is 5. The van der Waals surface area contributed by atoms with E-state index >= 15 is 0 Å². The Kier molecular flexibility index (Phi) is 4.35. The summed E-state index contributed by atoms with van der Waals surface area (Å²) in [6.45, 7) is 0. The summed E-state index contributed by atoms with van der Waals surface area (Å²) in [6.07, 6.45) is 0. The molecule has 24 heavy (non-hydrogen) atoms. The van der Waals surface area contributed by atoms with Gasteiger partial charge in [-0.25, -0.2) is 13.8 Å². The summed E-state index contributed by atoms with van der Waals surface area (Å²) in [4.78, 5) is 12.3. The summed E-state index contributed by atoms with van der Waals surface area (Å²) in [6, 6.07) is 17.2. The van der Waals surface area contributed by atoms with Gasteiger partial charge in [0.15, 0.2) is 9.84 Å². The van der Waals surface area contributed by atoms with Crippen molar-refractivity contribution in [3.05, 3.63) is 66.2 Å². The van der Waals surface area contributed by atoms with E-state index in [1.54, 1.807) is 54.6 Å². The number of nitrogens with one attached hydrogen (secondary N) is 1. The molecule has 0 aromatic heterocycles. The van der Waals surface area contributed by atoms with Gasteiger partial charge in [0.05, 0.1) is 10.6 Å². The molecule has 6 nitrogen and oxygen atoms in total. The van der Waals surface area contributed by atoms with E-state index in [0.717, 1.165) is 5.56 Å². The van der Waals surface area contributed by atoms with Crippen molar-refractivity contribution in [2.45, 2.75) is 10.8 Å². The molecule has 1 heterocycles. The number of carbonyl (C=O) groups is 1. The first-order valence-electron chi connectivity index (χ1n) is 7.45. The number of amides is 1. The van der Waals surface area contributed by atoms with Crippen LogP contribution in [-0.2, 0) is 14.6 Å². The number of amidine groups is 1. The highest BCUT2D eigenvalue weighted by Gasteiger charge is 2.39. The van der Waals surface area contributed by atoms with Crippen LogP contribution >= 0.6 is 0 Å². The zero-order chi connectivity index (χ0) is 17.2. The molecule has 2 aromatic rings. The third kappa shape index (κ3) is 3.16. The van der Waals surface area contributed by atoms with Crippen molar-refractivity contribution >= 4 is 21.6 Å². The zero-order valence-corrected chi connectivity index (χ0v) is 13.6. The fraction of sp³-hybridized carbons (Fsp3) is 0.176. The Morgan fingerprint density at radius 2 is 1.62 bits per heavy atom. The van der Waals surface area contributed by atoms with E-state index in [0.29, 0.717) is 0 Å². The molecule has 2 atom stereocenters. The molecule has 2 unspecified atom stereocenters. The molecular weight excluding hydrogens is 326 g/mol. The third-order valence-electron chi connectivity index (χ3n) is 4.03. The monoisotopic (exact) mass is 343 g/mol. The van der Waals surface area contributed by atoms with Crippen LogP contribution in [0, 0.1) is 5.92 Å². The number of benzene rings is 2. The molecule has 124 valence electrons. The van der Waals surface area contributed by atoms with Gasteiger partial charge < -0.3 is 5.73 Å². The topological polar surface area (TPSA) is 102 Å². The first-order valence-corrected chi connectivity index (χ1v) is 9.10. The van der Waals surface area contributed by atoms with E-state index < -0.39 is 21.7 Å². The van der Waals surface area contributed by atoms with Crippen molar-refractivity contribution in [1.29, 1.82) is 0 Å². The minimum atomic E-state index is -3.58. The SMILES string of the molecule is NC1=NNC(=O)C1C(CS(=O)(=O)c1ccccc1)c1ccccc1. The van der Waals surface area contributed by atoms with Gasteiger partial charge in [-0.3, -0.25) is 4.79 Å². The maximum atomic E-state index is 12.8. The molecular formula is C17H17N3O3S. The first-order chi connectivity index (χ1) is 11.5. The standard InChI is InChI=1S/C17H17N3O3S/c18-16-15(17(21)20-19-16)14(12-7-3-1-4-8-12)11-24(22,23)13-9-5-2-6-10-13/h1-10,14-15H,11H2,(H2,18,19)(H,20,21). The lowest BCUT2D eigenvalue weighted by molar-refractivity contribution is -0.122. The van der Waals surface area contributed by atoms with E-state index in [-0.39, 0.29) is 22.4 Å². The molecule has 0 bridgehead atoms. The van der Waals surface area contributed by atoms with Crippen molar-refractivity contribution in [2.75, 3.05) is 5.75 Å². The van der Waals surface area contributed by atoms with Crippen LogP contribution in [0.15, 0.2) is 70.7 Å². The van der Waals surface area contributed by atoms with E-state index in [9.17, 15) is 13.2 Å². The molecule has 3 rings (SSSR count). The van der Waals surface area contributed by atoms with Gasteiger partial charge in [0, 0.05) is 5.92 Å². The number of sulfone groups is 1. The number of nitrogens with two attached hydrogens (primary N) is 1. The quantitative estimate of drug-likeness (QED) is 0.853. The molecule has 1 aliphatic rings. The number of carbonyl (C=O) groups excluding carboxylic acids is 1. The average molecular weight is 343 g/mol.